The molecular weight excluding hydrogens is 328 g/mol. The van der Waals surface area contributed by atoms with Gasteiger partial charge in [0.05, 0.1) is 26.3 Å². The molecule has 3 rings (SSSR count). The average Bonchev–Trinajstić information content (AvgIpc) is 2.90. The van der Waals surface area contributed by atoms with E-state index in [2.05, 4.69) is 60.2 Å². The van der Waals surface area contributed by atoms with Crippen molar-refractivity contribution in [3.8, 4) is 11.5 Å². The largest absolute Gasteiger partial charge is 0.490 e. The first-order valence-corrected chi connectivity index (χ1v) is 9.15. The van der Waals surface area contributed by atoms with Crippen LogP contribution in [0, 0.1) is 0 Å². The van der Waals surface area contributed by atoms with Crippen molar-refractivity contribution in [2.75, 3.05) is 26.8 Å². The van der Waals surface area contributed by atoms with Gasteiger partial charge >= 0.3 is 0 Å². The van der Waals surface area contributed by atoms with Gasteiger partial charge in [-0.15, -0.1) is 0 Å². The molecule has 0 amide bonds. The van der Waals surface area contributed by atoms with Crippen LogP contribution in [0.5, 0.6) is 11.5 Å². The molecule has 0 fully saturated rings. The fourth-order valence-corrected chi connectivity index (χ4v) is 2.92. The van der Waals surface area contributed by atoms with Crippen LogP contribution in [0.4, 0.5) is 0 Å². The van der Waals surface area contributed by atoms with E-state index in [1.54, 1.807) is 0 Å². The summed E-state index contributed by atoms with van der Waals surface area (Å²) in [6.07, 6.45) is 2.97. The number of benzene rings is 1. The Morgan fingerprint density at radius 2 is 2.04 bits per heavy atom. The number of nitrogens with zero attached hydrogens (tertiary/aromatic N) is 3. The van der Waals surface area contributed by atoms with E-state index in [0.29, 0.717) is 19.8 Å². The monoisotopic (exact) mass is 356 g/mol. The molecule has 0 saturated carbocycles. The molecule has 6 heteroatoms. The summed E-state index contributed by atoms with van der Waals surface area (Å²) < 4.78 is 13.6. The van der Waals surface area contributed by atoms with Gasteiger partial charge in [-0.2, -0.15) is 0 Å². The smallest absolute Gasteiger partial charge is 0.194 e. The summed E-state index contributed by atoms with van der Waals surface area (Å²) in [5.74, 6) is 2.53. The van der Waals surface area contributed by atoms with Crippen LogP contribution in [-0.4, -0.2) is 42.2 Å². The molecule has 0 spiro atoms. The highest BCUT2D eigenvalue weighted by molar-refractivity contribution is 5.79. The van der Waals surface area contributed by atoms with Crippen molar-refractivity contribution in [2.24, 2.45) is 12.0 Å². The third-order valence-corrected chi connectivity index (χ3v) is 4.37. The third kappa shape index (κ3) is 4.50. The Kier molecular flexibility index (Phi) is 6.04. The van der Waals surface area contributed by atoms with Gasteiger partial charge in [0, 0.05) is 39.0 Å². The molecule has 1 aromatic carbocycles. The number of rotatable bonds is 5. The van der Waals surface area contributed by atoms with E-state index in [9.17, 15) is 0 Å². The van der Waals surface area contributed by atoms with Gasteiger partial charge in [0.25, 0.3) is 0 Å². The Morgan fingerprint density at radius 1 is 1.23 bits per heavy atom. The molecule has 1 aromatic heterocycles. The summed E-state index contributed by atoms with van der Waals surface area (Å²) in [4.78, 5) is 6.93. The average molecular weight is 356 g/mol. The highest BCUT2D eigenvalue weighted by atomic mass is 16.5. The summed E-state index contributed by atoms with van der Waals surface area (Å²) >= 11 is 0. The number of ether oxygens (including phenoxy) is 2. The van der Waals surface area contributed by atoms with Crippen LogP contribution in [0.15, 0.2) is 41.5 Å². The Labute approximate surface area is 155 Å². The minimum atomic E-state index is 0.594. The summed E-state index contributed by atoms with van der Waals surface area (Å²) in [6, 6.07) is 10.3. The summed E-state index contributed by atoms with van der Waals surface area (Å²) in [5, 5.41) is 3.37. The summed E-state index contributed by atoms with van der Waals surface area (Å²) in [7, 11) is 4.12. The van der Waals surface area contributed by atoms with Gasteiger partial charge in [-0.05, 0) is 36.8 Å². The van der Waals surface area contributed by atoms with Gasteiger partial charge in [0.2, 0.25) is 0 Å². The number of hydrogen-bond acceptors (Lipinski definition) is 3. The number of aryl methyl sites for hydroxylation is 1. The van der Waals surface area contributed by atoms with E-state index in [-0.39, 0.29) is 0 Å². The van der Waals surface area contributed by atoms with E-state index < -0.39 is 0 Å². The summed E-state index contributed by atoms with van der Waals surface area (Å²) in [6.45, 7) is 5.71. The van der Waals surface area contributed by atoms with Crippen molar-refractivity contribution in [3.05, 3.63) is 47.8 Å². The van der Waals surface area contributed by atoms with E-state index >= 15 is 0 Å². The fourth-order valence-electron chi connectivity index (χ4n) is 2.92. The van der Waals surface area contributed by atoms with Gasteiger partial charge in [0.1, 0.15) is 0 Å². The molecule has 6 nitrogen and oxygen atoms in total. The minimum absolute atomic E-state index is 0.594. The number of aliphatic imine (C=N–C) groups is 1. The van der Waals surface area contributed by atoms with Crippen molar-refractivity contribution in [1.29, 1.82) is 0 Å². The van der Waals surface area contributed by atoms with Crippen LogP contribution in [0.1, 0.15) is 24.6 Å². The van der Waals surface area contributed by atoms with E-state index in [4.69, 9.17) is 14.5 Å². The zero-order chi connectivity index (χ0) is 18.4. The lowest BCUT2D eigenvalue weighted by molar-refractivity contribution is 0.297. The molecule has 2 aromatic rings. The van der Waals surface area contributed by atoms with Crippen LogP contribution < -0.4 is 14.8 Å². The summed E-state index contributed by atoms with van der Waals surface area (Å²) in [5.41, 5.74) is 2.35. The van der Waals surface area contributed by atoms with Crippen molar-refractivity contribution >= 4 is 5.96 Å². The predicted octanol–water partition coefficient (Wildman–Crippen LogP) is 2.78. The minimum Gasteiger partial charge on any atom is -0.490 e. The lowest BCUT2D eigenvalue weighted by Gasteiger charge is -2.22. The van der Waals surface area contributed by atoms with E-state index in [1.807, 2.05) is 12.1 Å². The standard InChI is InChI=1S/C20H28N4O2/c1-4-21-20(24(3)15-17-7-5-10-23(17)2)22-14-16-8-9-18-19(13-16)26-12-6-11-25-18/h5,7-10,13H,4,6,11-12,14-15H2,1-3H3,(H,21,22). The normalized spacial score (nSPS) is 14.0. The Balaban J connectivity index is 1.70. The SMILES string of the molecule is CCNC(=NCc1ccc2c(c1)OCCCO2)N(C)Cc1cccn1C. The molecule has 0 bridgehead atoms. The van der Waals surface area contributed by atoms with E-state index in [1.165, 1.54) is 5.69 Å². The molecule has 0 atom stereocenters. The van der Waals surface area contributed by atoms with Crippen LogP contribution in [0.2, 0.25) is 0 Å². The highest BCUT2D eigenvalue weighted by Gasteiger charge is 2.12. The molecule has 140 valence electrons. The number of aromatic nitrogens is 1. The molecule has 1 aliphatic rings. The van der Waals surface area contributed by atoms with Crippen molar-refractivity contribution in [2.45, 2.75) is 26.4 Å². The molecule has 1 N–H and O–H groups in total. The van der Waals surface area contributed by atoms with Gasteiger partial charge in [-0.1, -0.05) is 6.07 Å². The van der Waals surface area contributed by atoms with Crippen LogP contribution in [0.25, 0.3) is 0 Å². The predicted molar refractivity (Wildman–Crippen MR) is 104 cm³/mol. The molecule has 2 heterocycles. The topological polar surface area (TPSA) is 51.0 Å². The maximum atomic E-state index is 5.77. The second-order valence-corrected chi connectivity index (χ2v) is 6.47. The second kappa shape index (κ2) is 8.65. The zero-order valence-corrected chi connectivity index (χ0v) is 15.9. The first-order chi connectivity index (χ1) is 12.7. The molecule has 0 unspecified atom stereocenters. The number of guanidine groups is 1. The van der Waals surface area contributed by atoms with Gasteiger partial charge in [-0.25, -0.2) is 4.99 Å². The first-order valence-electron chi connectivity index (χ1n) is 9.15. The number of nitrogens with one attached hydrogen (secondary N) is 1. The number of hydrogen-bond donors (Lipinski definition) is 1. The Morgan fingerprint density at radius 3 is 2.77 bits per heavy atom. The Hall–Kier alpha value is -2.63. The van der Waals surface area contributed by atoms with Crippen LogP contribution in [0.3, 0.4) is 0 Å². The maximum absolute atomic E-state index is 5.77. The van der Waals surface area contributed by atoms with Crippen molar-refractivity contribution in [1.82, 2.24) is 14.8 Å². The molecule has 0 radical (unpaired) electrons. The molecule has 1 aliphatic heterocycles. The zero-order valence-electron chi connectivity index (χ0n) is 15.9. The highest BCUT2D eigenvalue weighted by Crippen LogP contribution is 2.30. The lowest BCUT2D eigenvalue weighted by atomic mass is 10.2. The molecule has 0 saturated heterocycles. The van der Waals surface area contributed by atoms with Gasteiger partial charge in [0.15, 0.2) is 17.5 Å². The molecular formula is C20H28N4O2. The van der Waals surface area contributed by atoms with Crippen molar-refractivity contribution in [3.63, 3.8) is 0 Å². The maximum Gasteiger partial charge on any atom is 0.194 e. The quantitative estimate of drug-likeness (QED) is 0.661. The van der Waals surface area contributed by atoms with Gasteiger partial charge in [-0.3, -0.25) is 0 Å². The lowest BCUT2D eigenvalue weighted by Crippen LogP contribution is -2.38. The molecule has 0 aliphatic carbocycles. The Bertz CT molecular complexity index is 754. The number of fused-ring (bicyclic) bond motifs is 1. The second-order valence-electron chi connectivity index (χ2n) is 6.47. The van der Waals surface area contributed by atoms with Crippen LogP contribution in [-0.2, 0) is 20.1 Å². The van der Waals surface area contributed by atoms with E-state index in [0.717, 1.165) is 42.5 Å². The van der Waals surface area contributed by atoms with Crippen LogP contribution >= 0.6 is 0 Å². The van der Waals surface area contributed by atoms with Crippen molar-refractivity contribution < 1.29 is 9.47 Å². The molecule has 26 heavy (non-hydrogen) atoms. The van der Waals surface area contributed by atoms with Gasteiger partial charge < -0.3 is 24.3 Å². The first kappa shape index (κ1) is 18.2. The third-order valence-electron chi connectivity index (χ3n) is 4.37. The fraction of sp³-hybridized carbons (Fsp3) is 0.450.